The molecule has 0 aromatic heterocycles. The van der Waals surface area contributed by atoms with Crippen LogP contribution in [0.15, 0.2) is 18.2 Å². The predicted octanol–water partition coefficient (Wildman–Crippen LogP) is 2.07. The fourth-order valence-corrected chi connectivity index (χ4v) is 3.67. The molecule has 1 heterocycles. The molecule has 1 saturated heterocycles. The lowest BCUT2D eigenvalue weighted by Crippen LogP contribution is -2.41. The molecule has 1 fully saturated rings. The minimum atomic E-state index is -2.85. The van der Waals surface area contributed by atoms with Gasteiger partial charge in [0.25, 0.3) is 0 Å². The molecule has 0 spiro atoms. The van der Waals surface area contributed by atoms with E-state index >= 15 is 0 Å². The van der Waals surface area contributed by atoms with E-state index in [2.05, 4.69) is 24.1 Å². The third-order valence-corrected chi connectivity index (χ3v) is 5.27. The highest BCUT2D eigenvalue weighted by molar-refractivity contribution is 7.91. The maximum Gasteiger partial charge on any atom is 0.153 e. The van der Waals surface area contributed by atoms with Crippen LogP contribution in [-0.2, 0) is 16.4 Å². The summed E-state index contributed by atoms with van der Waals surface area (Å²) in [5, 5.41) is 4.09. The van der Waals surface area contributed by atoms with Gasteiger partial charge in [0.15, 0.2) is 9.84 Å². The van der Waals surface area contributed by atoms with E-state index in [1.165, 1.54) is 0 Å². The van der Waals surface area contributed by atoms with E-state index in [0.717, 1.165) is 17.8 Å². The molecule has 1 aromatic carbocycles. The van der Waals surface area contributed by atoms with E-state index in [0.29, 0.717) is 24.2 Å². The zero-order valence-corrected chi connectivity index (χ0v) is 13.5. The number of benzene rings is 1. The molecule has 6 heteroatoms. The van der Waals surface area contributed by atoms with E-state index < -0.39 is 9.84 Å². The summed E-state index contributed by atoms with van der Waals surface area (Å²) >= 11 is 6.07. The van der Waals surface area contributed by atoms with Crippen LogP contribution in [0.1, 0.15) is 19.4 Å². The average Bonchev–Trinajstić information content (AvgIpc) is 2.37. The van der Waals surface area contributed by atoms with Crippen LogP contribution in [0.5, 0.6) is 0 Å². The van der Waals surface area contributed by atoms with Gasteiger partial charge in [-0.25, -0.2) is 8.42 Å². The van der Waals surface area contributed by atoms with Crippen molar-refractivity contribution in [2.45, 2.75) is 26.4 Å². The lowest BCUT2D eigenvalue weighted by molar-refractivity contribution is 0.582. The molecule has 112 valence electrons. The highest BCUT2D eigenvalue weighted by Gasteiger charge is 2.23. The average molecular weight is 317 g/mol. The topological polar surface area (TPSA) is 49.4 Å². The van der Waals surface area contributed by atoms with Crippen LogP contribution in [-0.4, -0.2) is 39.1 Å². The molecule has 4 nitrogen and oxygen atoms in total. The second-order valence-electron chi connectivity index (χ2n) is 5.45. The first-order valence-corrected chi connectivity index (χ1v) is 9.04. The number of hydrogen-bond acceptors (Lipinski definition) is 4. The Morgan fingerprint density at radius 3 is 2.55 bits per heavy atom. The molecule has 1 aromatic rings. The molecule has 0 amide bonds. The molecule has 0 aliphatic carbocycles. The van der Waals surface area contributed by atoms with Crippen LogP contribution in [0.25, 0.3) is 0 Å². The summed E-state index contributed by atoms with van der Waals surface area (Å²) < 4.78 is 23.0. The van der Waals surface area contributed by atoms with Crippen LogP contribution >= 0.6 is 11.6 Å². The van der Waals surface area contributed by atoms with Crippen molar-refractivity contribution in [2.75, 3.05) is 29.5 Å². The van der Waals surface area contributed by atoms with Gasteiger partial charge in [-0.2, -0.15) is 0 Å². The Kier molecular flexibility index (Phi) is 4.94. The minimum absolute atomic E-state index is 0.229. The lowest BCUT2D eigenvalue weighted by Gasteiger charge is -2.31. The number of sulfone groups is 1. The van der Waals surface area contributed by atoms with E-state index in [9.17, 15) is 8.42 Å². The van der Waals surface area contributed by atoms with Crippen LogP contribution in [0.2, 0.25) is 5.02 Å². The van der Waals surface area contributed by atoms with E-state index in [1.807, 2.05) is 18.2 Å². The van der Waals surface area contributed by atoms with Crippen molar-refractivity contribution in [3.8, 4) is 0 Å². The van der Waals surface area contributed by atoms with Crippen molar-refractivity contribution in [1.29, 1.82) is 0 Å². The Morgan fingerprint density at radius 2 is 1.95 bits per heavy atom. The van der Waals surface area contributed by atoms with Crippen molar-refractivity contribution in [3.05, 3.63) is 28.8 Å². The van der Waals surface area contributed by atoms with Crippen LogP contribution in [0, 0.1) is 0 Å². The van der Waals surface area contributed by atoms with Gasteiger partial charge in [0.2, 0.25) is 0 Å². The Hall–Kier alpha value is -0.780. The van der Waals surface area contributed by atoms with Gasteiger partial charge in [-0.15, -0.1) is 0 Å². The van der Waals surface area contributed by atoms with Crippen molar-refractivity contribution < 1.29 is 8.42 Å². The third kappa shape index (κ3) is 4.11. The molecule has 0 radical (unpaired) electrons. The Balaban J connectivity index is 2.18. The third-order valence-electron chi connectivity index (χ3n) is 3.43. The summed E-state index contributed by atoms with van der Waals surface area (Å²) in [4.78, 5) is 2.13. The summed E-state index contributed by atoms with van der Waals surface area (Å²) in [6, 6.07) is 6.19. The van der Waals surface area contributed by atoms with E-state index in [4.69, 9.17) is 11.6 Å². The summed E-state index contributed by atoms with van der Waals surface area (Å²) in [5.74, 6) is 0.458. The highest BCUT2D eigenvalue weighted by atomic mass is 35.5. The quantitative estimate of drug-likeness (QED) is 0.924. The second-order valence-corrected chi connectivity index (χ2v) is 8.19. The molecule has 0 saturated carbocycles. The van der Waals surface area contributed by atoms with Gasteiger partial charge in [0.05, 0.1) is 11.5 Å². The molecule has 0 unspecified atom stereocenters. The van der Waals surface area contributed by atoms with E-state index in [-0.39, 0.29) is 11.5 Å². The molecule has 0 atom stereocenters. The number of nitrogens with zero attached hydrogens (tertiary/aromatic N) is 1. The Labute approximate surface area is 126 Å². The maximum absolute atomic E-state index is 11.5. The SMILES string of the molecule is CC(C)NCc1cc(Cl)ccc1N1CCS(=O)(=O)CC1. The lowest BCUT2D eigenvalue weighted by atomic mass is 10.1. The molecule has 20 heavy (non-hydrogen) atoms. The van der Waals surface area contributed by atoms with Crippen molar-refractivity contribution in [1.82, 2.24) is 5.32 Å². The highest BCUT2D eigenvalue weighted by Crippen LogP contribution is 2.26. The summed E-state index contributed by atoms with van der Waals surface area (Å²) in [7, 11) is -2.85. The first-order valence-electron chi connectivity index (χ1n) is 6.84. The molecular formula is C14H21ClN2O2S. The standard InChI is InChI=1S/C14H21ClN2O2S/c1-11(2)16-10-12-9-13(15)3-4-14(12)17-5-7-20(18,19)8-6-17/h3-4,9,11,16H,5-8,10H2,1-2H3. The Bertz CT molecular complexity index is 559. The smallest absolute Gasteiger partial charge is 0.153 e. The first-order chi connectivity index (χ1) is 9.37. The largest absolute Gasteiger partial charge is 0.369 e. The molecular weight excluding hydrogens is 296 g/mol. The van der Waals surface area contributed by atoms with Gasteiger partial charge in [-0.3, -0.25) is 0 Å². The second kappa shape index (κ2) is 6.33. The minimum Gasteiger partial charge on any atom is -0.369 e. The molecule has 0 bridgehead atoms. The number of halogens is 1. The first kappa shape index (κ1) is 15.6. The summed E-state index contributed by atoms with van der Waals surface area (Å²) in [6.07, 6.45) is 0. The molecule has 2 rings (SSSR count). The Morgan fingerprint density at radius 1 is 1.30 bits per heavy atom. The number of hydrogen-bond donors (Lipinski definition) is 1. The van der Waals surface area contributed by atoms with Gasteiger partial charge >= 0.3 is 0 Å². The molecule has 1 aliphatic heterocycles. The van der Waals surface area contributed by atoms with Crippen LogP contribution in [0.3, 0.4) is 0 Å². The molecule has 1 N–H and O–H groups in total. The van der Waals surface area contributed by atoms with Gasteiger partial charge in [0, 0.05) is 36.4 Å². The fourth-order valence-electron chi connectivity index (χ4n) is 2.27. The number of anilines is 1. The monoisotopic (exact) mass is 316 g/mol. The fraction of sp³-hybridized carbons (Fsp3) is 0.571. The number of nitrogens with one attached hydrogen (secondary N) is 1. The zero-order chi connectivity index (χ0) is 14.8. The van der Waals surface area contributed by atoms with Gasteiger partial charge in [-0.05, 0) is 23.8 Å². The van der Waals surface area contributed by atoms with Crippen molar-refractivity contribution >= 4 is 27.1 Å². The maximum atomic E-state index is 11.5. The van der Waals surface area contributed by atoms with Gasteiger partial charge < -0.3 is 10.2 Å². The van der Waals surface area contributed by atoms with Crippen molar-refractivity contribution in [2.24, 2.45) is 0 Å². The predicted molar refractivity (Wildman–Crippen MR) is 84.3 cm³/mol. The van der Waals surface area contributed by atoms with E-state index in [1.54, 1.807) is 0 Å². The number of rotatable bonds is 4. The van der Waals surface area contributed by atoms with Crippen molar-refractivity contribution in [3.63, 3.8) is 0 Å². The normalized spacial score (nSPS) is 18.5. The zero-order valence-electron chi connectivity index (χ0n) is 11.9. The molecule has 1 aliphatic rings. The van der Waals surface area contributed by atoms with Crippen LogP contribution in [0.4, 0.5) is 5.69 Å². The summed E-state index contributed by atoms with van der Waals surface area (Å²) in [5.41, 5.74) is 2.20. The van der Waals surface area contributed by atoms with Gasteiger partial charge in [0.1, 0.15) is 0 Å². The van der Waals surface area contributed by atoms with Gasteiger partial charge in [-0.1, -0.05) is 25.4 Å². The van der Waals surface area contributed by atoms with Crippen LogP contribution < -0.4 is 10.2 Å². The summed E-state index contributed by atoms with van der Waals surface area (Å²) in [6.45, 7) is 6.03.